The number of carbonyl (C=O) groups is 3. The number of anilines is 1. The van der Waals surface area contributed by atoms with Crippen LogP contribution in [-0.4, -0.2) is 34.6 Å². The fraction of sp³-hybridized carbons (Fsp3) is 0.208. The summed E-state index contributed by atoms with van der Waals surface area (Å²) in [7, 11) is 1.66. The smallest absolute Gasteiger partial charge is 0.355 e. The molecule has 4 rings (SSSR count). The van der Waals surface area contributed by atoms with E-state index in [0.717, 1.165) is 16.1 Å². The lowest BCUT2D eigenvalue weighted by Gasteiger charge is -2.37. The molecule has 6 nitrogen and oxygen atoms in total. The molecule has 3 aromatic rings. The third kappa shape index (κ3) is 4.27. The predicted octanol–water partition coefficient (Wildman–Crippen LogP) is 4.26. The number of hydrogen-bond acceptors (Lipinski definition) is 5. The van der Waals surface area contributed by atoms with E-state index >= 15 is 0 Å². The molecular weight excluding hydrogens is 412 g/mol. The number of ketones is 1. The zero-order valence-corrected chi connectivity index (χ0v) is 18.1. The second-order valence-electron chi connectivity index (χ2n) is 7.33. The van der Waals surface area contributed by atoms with Crippen LogP contribution in [0.1, 0.15) is 39.4 Å². The van der Waals surface area contributed by atoms with Gasteiger partial charge in [0.1, 0.15) is 5.69 Å². The Bertz CT molecular complexity index is 1140. The number of fused-ring (bicyclic) bond motifs is 1. The molecule has 0 fully saturated rings. The van der Waals surface area contributed by atoms with Gasteiger partial charge in [-0.2, -0.15) is 0 Å². The average molecular weight is 435 g/mol. The Morgan fingerprint density at radius 2 is 1.77 bits per heavy atom. The van der Waals surface area contributed by atoms with Crippen molar-refractivity contribution < 1.29 is 19.1 Å². The number of Topliss-reactive ketones (excluding diaryl/α,β-unsaturated/α-hetero) is 1. The van der Waals surface area contributed by atoms with E-state index in [1.54, 1.807) is 29.9 Å². The third-order valence-corrected chi connectivity index (χ3v) is 6.37. The second kappa shape index (κ2) is 8.81. The summed E-state index contributed by atoms with van der Waals surface area (Å²) >= 11 is 1.70. The van der Waals surface area contributed by atoms with Gasteiger partial charge in [0.15, 0.2) is 12.4 Å². The molecule has 1 unspecified atom stereocenters. The molecule has 0 saturated carbocycles. The van der Waals surface area contributed by atoms with Crippen LogP contribution in [0.2, 0.25) is 0 Å². The summed E-state index contributed by atoms with van der Waals surface area (Å²) < 4.78 is 6.88. The number of ether oxygens (including phenoxy) is 1. The quantitative estimate of drug-likeness (QED) is 0.443. The van der Waals surface area contributed by atoms with Gasteiger partial charge in [0, 0.05) is 29.5 Å². The Morgan fingerprint density at radius 1 is 1.06 bits per heavy atom. The summed E-state index contributed by atoms with van der Waals surface area (Å²) in [6.45, 7) is 1.05. The number of benzene rings is 2. The summed E-state index contributed by atoms with van der Waals surface area (Å²) in [5.41, 5.74) is 2.49. The van der Waals surface area contributed by atoms with E-state index in [1.165, 1.54) is 17.6 Å². The molecule has 7 heteroatoms. The molecular formula is C24H22N2O4S. The molecule has 2 aromatic carbocycles. The van der Waals surface area contributed by atoms with Gasteiger partial charge in [0.2, 0.25) is 0 Å². The number of aromatic nitrogens is 1. The lowest BCUT2D eigenvalue weighted by Crippen LogP contribution is -2.41. The molecule has 31 heavy (non-hydrogen) atoms. The molecule has 0 radical (unpaired) electrons. The van der Waals surface area contributed by atoms with E-state index in [1.807, 2.05) is 54.6 Å². The molecule has 1 amide bonds. The first-order valence-corrected chi connectivity index (χ1v) is 10.9. The first-order chi connectivity index (χ1) is 15.0. The summed E-state index contributed by atoms with van der Waals surface area (Å²) in [5.74, 6) is -0.366. The van der Waals surface area contributed by atoms with Crippen molar-refractivity contribution in [3.8, 4) is 0 Å². The van der Waals surface area contributed by atoms with Crippen LogP contribution in [0.5, 0.6) is 0 Å². The van der Waals surface area contributed by atoms with Crippen LogP contribution in [0.25, 0.3) is 0 Å². The van der Waals surface area contributed by atoms with Crippen LogP contribution in [-0.2, 0) is 16.6 Å². The largest absolute Gasteiger partial charge is 0.451 e. The Hall–Kier alpha value is -3.32. The van der Waals surface area contributed by atoms with Crippen molar-refractivity contribution in [1.82, 2.24) is 4.57 Å². The number of esters is 1. The van der Waals surface area contributed by atoms with Crippen molar-refractivity contribution in [2.24, 2.45) is 7.05 Å². The second-order valence-corrected chi connectivity index (χ2v) is 8.39. The number of nitrogens with zero attached hydrogens (tertiary/aromatic N) is 2. The van der Waals surface area contributed by atoms with Gasteiger partial charge >= 0.3 is 5.97 Å². The van der Waals surface area contributed by atoms with Gasteiger partial charge in [-0.1, -0.05) is 42.5 Å². The van der Waals surface area contributed by atoms with E-state index in [4.69, 9.17) is 4.74 Å². The maximum atomic E-state index is 13.3. The van der Waals surface area contributed by atoms with Gasteiger partial charge in [-0.25, -0.2) is 4.79 Å². The molecule has 1 aliphatic heterocycles. The van der Waals surface area contributed by atoms with Gasteiger partial charge in [-0.05, 0) is 30.7 Å². The number of thioether (sulfide) groups is 1. The summed E-state index contributed by atoms with van der Waals surface area (Å²) in [6.07, 6.45) is 1.57. The van der Waals surface area contributed by atoms with Crippen LogP contribution in [0, 0.1) is 0 Å². The van der Waals surface area contributed by atoms with Crippen LogP contribution in [0.3, 0.4) is 0 Å². The molecule has 0 saturated heterocycles. The number of amides is 1. The number of aryl methyl sites for hydroxylation is 1. The highest BCUT2D eigenvalue weighted by molar-refractivity contribution is 7.99. The van der Waals surface area contributed by atoms with E-state index in [2.05, 4.69) is 0 Å². The molecule has 0 N–H and O–H groups in total. The number of hydrogen-bond donors (Lipinski definition) is 0. The van der Waals surface area contributed by atoms with E-state index in [9.17, 15) is 14.4 Å². The van der Waals surface area contributed by atoms with Gasteiger partial charge in [0.25, 0.3) is 5.91 Å². The highest BCUT2D eigenvalue weighted by atomic mass is 32.2. The monoisotopic (exact) mass is 434 g/mol. The van der Waals surface area contributed by atoms with E-state index in [-0.39, 0.29) is 30.0 Å². The average Bonchev–Trinajstić information content (AvgIpc) is 3.19. The predicted molar refractivity (Wildman–Crippen MR) is 120 cm³/mol. The molecule has 0 spiro atoms. The highest BCUT2D eigenvalue weighted by Crippen LogP contribution is 2.43. The first-order valence-electron chi connectivity index (χ1n) is 9.89. The SMILES string of the molecule is CC(=O)c1cc(C(=O)OCC(=O)N2c3ccccc3SCC2c2ccccc2)n(C)c1. The number of rotatable bonds is 5. The van der Waals surface area contributed by atoms with Crippen LogP contribution in [0.4, 0.5) is 5.69 Å². The third-order valence-electron chi connectivity index (χ3n) is 5.23. The number of para-hydroxylation sites is 1. The maximum absolute atomic E-state index is 13.3. The Labute approximate surface area is 184 Å². The Morgan fingerprint density at radius 3 is 2.48 bits per heavy atom. The van der Waals surface area contributed by atoms with Crippen molar-refractivity contribution in [3.05, 3.63) is 83.7 Å². The molecule has 1 atom stereocenters. The molecule has 1 aliphatic rings. The van der Waals surface area contributed by atoms with Crippen molar-refractivity contribution >= 4 is 35.1 Å². The van der Waals surface area contributed by atoms with Crippen molar-refractivity contribution in [1.29, 1.82) is 0 Å². The topological polar surface area (TPSA) is 68.6 Å². The number of carbonyl (C=O) groups excluding carboxylic acids is 3. The maximum Gasteiger partial charge on any atom is 0.355 e. The van der Waals surface area contributed by atoms with Crippen LogP contribution >= 0.6 is 11.8 Å². The molecule has 0 bridgehead atoms. The van der Waals surface area contributed by atoms with Crippen molar-refractivity contribution in [2.45, 2.75) is 17.9 Å². The minimum absolute atomic E-state index is 0.140. The summed E-state index contributed by atoms with van der Waals surface area (Å²) in [4.78, 5) is 40.1. The molecule has 158 valence electrons. The van der Waals surface area contributed by atoms with E-state index < -0.39 is 5.97 Å². The lowest BCUT2D eigenvalue weighted by molar-refractivity contribution is -0.122. The molecule has 0 aliphatic carbocycles. The Kier molecular flexibility index (Phi) is 5.95. The summed E-state index contributed by atoms with van der Waals surface area (Å²) in [5, 5.41) is 0. The van der Waals surface area contributed by atoms with Crippen molar-refractivity contribution in [3.63, 3.8) is 0 Å². The minimum Gasteiger partial charge on any atom is -0.451 e. The standard InChI is InChI=1S/C24H22N2O4S/c1-16(27)18-12-20(25(2)13-18)24(29)30-14-23(28)26-19-10-6-7-11-22(19)31-15-21(26)17-8-4-3-5-9-17/h3-13,21H,14-15H2,1-2H3. The van der Waals surface area contributed by atoms with Gasteiger partial charge in [0.05, 0.1) is 11.7 Å². The van der Waals surface area contributed by atoms with Gasteiger partial charge < -0.3 is 9.30 Å². The van der Waals surface area contributed by atoms with Crippen LogP contribution < -0.4 is 4.90 Å². The lowest BCUT2D eigenvalue weighted by atomic mass is 10.1. The van der Waals surface area contributed by atoms with Crippen LogP contribution in [0.15, 0.2) is 71.8 Å². The Balaban J connectivity index is 1.56. The molecule has 1 aromatic heterocycles. The first kappa shape index (κ1) is 20.9. The van der Waals surface area contributed by atoms with Gasteiger partial charge in [-0.15, -0.1) is 11.8 Å². The van der Waals surface area contributed by atoms with Gasteiger partial charge in [-0.3, -0.25) is 14.5 Å². The fourth-order valence-electron chi connectivity index (χ4n) is 3.65. The fourth-order valence-corrected chi connectivity index (χ4v) is 4.82. The zero-order chi connectivity index (χ0) is 22.0. The molecule has 2 heterocycles. The highest BCUT2D eigenvalue weighted by Gasteiger charge is 2.33. The zero-order valence-electron chi connectivity index (χ0n) is 17.3. The normalized spacial score (nSPS) is 15.3. The van der Waals surface area contributed by atoms with E-state index in [0.29, 0.717) is 11.3 Å². The summed E-state index contributed by atoms with van der Waals surface area (Å²) in [6, 6.07) is 18.9. The minimum atomic E-state index is -0.640. The van der Waals surface area contributed by atoms with Crippen molar-refractivity contribution in [2.75, 3.05) is 17.3 Å².